The van der Waals surface area contributed by atoms with E-state index in [2.05, 4.69) is 10.4 Å². The number of halogens is 1. The van der Waals surface area contributed by atoms with Gasteiger partial charge in [0, 0.05) is 16.8 Å². The van der Waals surface area contributed by atoms with Crippen LogP contribution in [0.25, 0.3) is 0 Å². The fourth-order valence-electron chi connectivity index (χ4n) is 2.55. The lowest BCUT2D eigenvalue weighted by molar-refractivity contribution is -0.385. The molecule has 0 bridgehead atoms. The summed E-state index contributed by atoms with van der Waals surface area (Å²) in [5.41, 5.74) is -0.0749. The first-order valence-corrected chi connectivity index (χ1v) is 10.2. The Labute approximate surface area is 176 Å². The number of nitrogens with one attached hydrogen (secondary N) is 1. The van der Waals surface area contributed by atoms with Gasteiger partial charge in [0.25, 0.3) is 0 Å². The van der Waals surface area contributed by atoms with Gasteiger partial charge in [0.2, 0.25) is 15.7 Å². The molecule has 10 nitrogen and oxygen atoms in total. The van der Waals surface area contributed by atoms with Crippen molar-refractivity contribution >= 4 is 38.7 Å². The number of rotatable bonds is 7. The highest BCUT2D eigenvalue weighted by Crippen LogP contribution is 2.29. The number of carbonyl (C=O) groups is 1. The zero-order valence-electron chi connectivity index (χ0n) is 15.5. The van der Waals surface area contributed by atoms with E-state index in [4.69, 9.17) is 16.3 Å². The van der Waals surface area contributed by atoms with Crippen LogP contribution in [0.15, 0.2) is 64.6 Å². The monoisotopic (exact) mass is 450 g/mol. The van der Waals surface area contributed by atoms with Crippen LogP contribution in [-0.4, -0.2) is 36.1 Å². The molecular formula is C18H15ClN4O6S. The summed E-state index contributed by atoms with van der Waals surface area (Å²) in [4.78, 5) is 22.3. The van der Waals surface area contributed by atoms with Crippen molar-refractivity contribution in [2.24, 2.45) is 0 Å². The van der Waals surface area contributed by atoms with Crippen LogP contribution in [0.5, 0.6) is 5.75 Å². The molecule has 3 rings (SSSR count). The average molecular weight is 451 g/mol. The van der Waals surface area contributed by atoms with E-state index in [1.165, 1.54) is 49.6 Å². The van der Waals surface area contributed by atoms with Crippen LogP contribution in [0.3, 0.4) is 0 Å². The fraction of sp³-hybridized carbons (Fsp3) is 0.111. The van der Waals surface area contributed by atoms with Gasteiger partial charge in [-0.1, -0.05) is 11.6 Å². The molecule has 0 aliphatic rings. The van der Waals surface area contributed by atoms with Crippen molar-refractivity contribution in [3.63, 3.8) is 0 Å². The highest BCUT2D eigenvalue weighted by molar-refractivity contribution is 7.91. The van der Waals surface area contributed by atoms with Gasteiger partial charge in [0.1, 0.15) is 24.7 Å². The number of nitrogens with zero attached hydrogens (tertiary/aromatic N) is 3. The maximum absolute atomic E-state index is 12.9. The standard InChI is InChI=1S/C18H15ClN4O6S/c1-29-15-6-13(21-18(24)11-22-10-14(9-20-22)23(25)26)7-17(8-15)30(27,28)16-4-2-12(19)3-5-16/h2-10H,11H2,1H3,(H,21,24). The van der Waals surface area contributed by atoms with Gasteiger partial charge < -0.3 is 10.1 Å². The topological polar surface area (TPSA) is 133 Å². The van der Waals surface area contributed by atoms with Gasteiger partial charge in [0.15, 0.2) is 0 Å². The summed E-state index contributed by atoms with van der Waals surface area (Å²) in [6, 6.07) is 9.73. The molecule has 0 aliphatic heterocycles. The third-order valence-electron chi connectivity index (χ3n) is 3.97. The molecule has 0 fully saturated rings. The first-order chi connectivity index (χ1) is 14.2. The molecule has 0 atom stereocenters. The van der Waals surface area contributed by atoms with Crippen LogP contribution in [0.4, 0.5) is 11.4 Å². The lowest BCUT2D eigenvalue weighted by Gasteiger charge is -2.11. The van der Waals surface area contributed by atoms with Crippen LogP contribution >= 0.6 is 11.6 Å². The van der Waals surface area contributed by atoms with E-state index in [9.17, 15) is 23.3 Å². The summed E-state index contributed by atoms with van der Waals surface area (Å²) in [5.74, 6) is -0.342. The molecule has 0 unspecified atom stereocenters. The van der Waals surface area contributed by atoms with Crippen LogP contribution in [-0.2, 0) is 21.2 Å². The Bertz CT molecular complexity index is 1210. The molecule has 1 amide bonds. The number of benzene rings is 2. The van der Waals surface area contributed by atoms with E-state index in [0.29, 0.717) is 5.02 Å². The van der Waals surface area contributed by atoms with E-state index < -0.39 is 20.7 Å². The smallest absolute Gasteiger partial charge is 0.307 e. The predicted octanol–water partition coefficient (Wildman–Crippen LogP) is 2.92. The molecule has 3 aromatic rings. The molecule has 2 aromatic carbocycles. The lowest BCUT2D eigenvalue weighted by atomic mass is 10.3. The quantitative estimate of drug-likeness (QED) is 0.432. The SMILES string of the molecule is COc1cc(NC(=O)Cn2cc([N+](=O)[O-])cn2)cc(S(=O)(=O)c2ccc(Cl)cc2)c1. The summed E-state index contributed by atoms with van der Waals surface area (Å²) >= 11 is 5.82. The number of carbonyl (C=O) groups excluding carboxylic acids is 1. The third-order valence-corrected chi connectivity index (χ3v) is 5.97. The van der Waals surface area contributed by atoms with Gasteiger partial charge in [-0.3, -0.25) is 19.6 Å². The Morgan fingerprint density at radius 2 is 1.93 bits per heavy atom. The number of amides is 1. The van der Waals surface area contributed by atoms with Gasteiger partial charge in [-0.2, -0.15) is 5.10 Å². The molecule has 1 N–H and O–H groups in total. The molecule has 12 heteroatoms. The largest absolute Gasteiger partial charge is 0.497 e. The molecule has 1 aromatic heterocycles. The van der Waals surface area contributed by atoms with E-state index in [0.717, 1.165) is 17.1 Å². The van der Waals surface area contributed by atoms with Crippen molar-refractivity contribution in [1.29, 1.82) is 0 Å². The highest BCUT2D eigenvalue weighted by Gasteiger charge is 2.20. The Kier molecular flexibility index (Phi) is 6.04. The van der Waals surface area contributed by atoms with E-state index >= 15 is 0 Å². The number of hydrogen-bond acceptors (Lipinski definition) is 7. The van der Waals surface area contributed by atoms with Crippen LogP contribution in [0.1, 0.15) is 0 Å². The zero-order chi connectivity index (χ0) is 21.9. The van der Waals surface area contributed by atoms with Crippen LogP contribution in [0, 0.1) is 10.1 Å². The minimum absolute atomic E-state index is 0.0290. The van der Waals surface area contributed by atoms with Gasteiger partial charge >= 0.3 is 5.69 Å². The van der Waals surface area contributed by atoms with Crippen molar-refractivity contribution in [2.45, 2.75) is 16.3 Å². The van der Waals surface area contributed by atoms with Gasteiger partial charge in [0.05, 0.1) is 21.8 Å². The second-order valence-electron chi connectivity index (χ2n) is 6.06. The molecule has 0 saturated heterocycles. The van der Waals surface area contributed by atoms with Crippen LogP contribution < -0.4 is 10.1 Å². The van der Waals surface area contributed by atoms with Gasteiger partial charge in [-0.05, 0) is 36.4 Å². The summed E-state index contributed by atoms with van der Waals surface area (Å²) in [6.45, 7) is -0.301. The van der Waals surface area contributed by atoms with E-state index in [1.807, 2.05) is 0 Å². The normalized spacial score (nSPS) is 11.1. The highest BCUT2D eigenvalue weighted by atomic mass is 35.5. The van der Waals surface area contributed by atoms with Crippen molar-refractivity contribution in [3.8, 4) is 5.75 Å². The molecule has 1 heterocycles. The lowest BCUT2D eigenvalue weighted by Crippen LogP contribution is -2.19. The number of nitro groups is 1. The third kappa shape index (κ3) is 4.75. The number of aromatic nitrogens is 2. The molecule has 0 radical (unpaired) electrons. The minimum atomic E-state index is -3.89. The van der Waals surface area contributed by atoms with E-state index in [-0.39, 0.29) is 33.5 Å². The molecule has 0 spiro atoms. The Morgan fingerprint density at radius 3 is 2.53 bits per heavy atom. The van der Waals surface area contributed by atoms with Crippen molar-refractivity contribution in [3.05, 3.63) is 70.0 Å². The maximum atomic E-state index is 12.9. The summed E-state index contributed by atoms with van der Waals surface area (Å²) in [7, 11) is -2.53. The van der Waals surface area contributed by atoms with Gasteiger partial charge in [-0.25, -0.2) is 8.42 Å². The summed E-state index contributed by atoms with van der Waals surface area (Å²) < 4.78 is 32.1. The Balaban J connectivity index is 1.85. The summed E-state index contributed by atoms with van der Waals surface area (Å²) in [5, 5.41) is 17.4. The fourth-order valence-corrected chi connectivity index (χ4v) is 3.99. The number of anilines is 1. The number of ether oxygens (including phenoxy) is 1. The Morgan fingerprint density at radius 1 is 1.23 bits per heavy atom. The number of sulfone groups is 1. The molecular weight excluding hydrogens is 436 g/mol. The average Bonchev–Trinajstić information content (AvgIpc) is 3.16. The molecule has 30 heavy (non-hydrogen) atoms. The second kappa shape index (κ2) is 8.51. The zero-order valence-corrected chi connectivity index (χ0v) is 17.1. The first kappa shape index (κ1) is 21.3. The summed E-state index contributed by atoms with van der Waals surface area (Å²) in [6.07, 6.45) is 2.14. The first-order valence-electron chi connectivity index (χ1n) is 8.35. The number of hydrogen-bond donors (Lipinski definition) is 1. The van der Waals surface area contributed by atoms with E-state index in [1.54, 1.807) is 0 Å². The van der Waals surface area contributed by atoms with Crippen molar-refractivity contribution in [2.75, 3.05) is 12.4 Å². The van der Waals surface area contributed by atoms with Crippen LogP contribution in [0.2, 0.25) is 5.02 Å². The minimum Gasteiger partial charge on any atom is -0.497 e. The molecule has 0 saturated carbocycles. The predicted molar refractivity (Wildman–Crippen MR) is 107 cm³/mol. The maximum Gasteiger partial charge on any atom is 0.307 e. The molecule has 0 aliphatic carbocycles. The molecule has 156 valence electrons. The Hall–Kier alpha value is -3.44. The van der Waals surface area contributed by atoms with Crippen molar-refractivity contribution < 1.29 is 22.9 Å². The van der Waals surface area contributed by atoms with Gasteiger partial charge in [-0.15, -0.1) is 0 Å². The number of methoxy groups -OCH3 is 1. The van der Waals surface area contributed by atoms with Crippen molar-refractivity contribution in [1.82, 2.24) is 9.78 Å². The second-order valence-corrected chi connectivity index (χ2v) is 8.44.